The van der Waals surface area contributed by atoms with Crippen molar-refractivity contribution in [2.24, 2.45) is 5.92 Å². The summed E-state index contributed by atoms with van der Waals surface area (Å²) in [5.74, 6) is -0.780. The second kappa shape index (κ2) is 10.8. The van der Waals surface area contributed by atoms with E-state index in [0.29, 0.717) is 17.2 Å². The molecule has 1 saturated heterocycles. The first-order valence-corrected chi connectivity index (χ1v) is 11.0. The van der Waals surface area contributed by atoms with Crippen LogP contribution >= 0.6 is 0 Å². The zero-order valence-electron chi connectivity index (χ0n) is 19.5. The van der Waals surface area contributed by atoms with Crippen LogP contribution in [0.15, 0.2) is 36.4 Å². The van der Waals surface area contributed by atoms with Gasteiger partial charge in [0.1, 0.15) is 11.5 Å². The van der Waals surface area contributed by atoms with E-state index in [2.05, 4.69) is 5.32 Å². The van der Waals surface area contributed by atoms with Gasteiger partial charge >= 0.3 is 5.97 Å². The molecule has 1 heterocycles. The monoisotopic (exact) mass is 454 g/mol. The third-order valence-electron chi connectivity index (χ3n) is 5.72. The summed E-state index contributed by atoms with van der Waals surface area (Å²) in [6, 6.07) is 11.0. The van der Waals surface area contributed by atoms with Crippen molar-refractivity contribution in [1.82, 2.24) is 0 Å². The highest BCUT2D eigenvalue weighted by molar-refractivity contribution is 6.01. The number of aryl methyl sites for hydroxylation is 2. The molecule has 0 radical (unpaired) electrons. The summed E-state index contributed by atoms with van der Waals surface area (Å²) in [6.07, 6.45) is 1.64. The fourth-order valence-corrected chi connectivity index (χ4v) is 3.99. The van der Waals surface area contributed by atoms with Gasteiger partial charge in [-0.05, 0) is 36.1 Å². The molecule has 2 amide bonds. The molecular formula is C25H30N2O6. The highest BCUT2D eigenvalue weighted by Gasteiger charge is 2.37. The van der Waals surface area contributed by atoms with Gasteiger partial charge in [0.15, 0.2) is 6.61 Å². The van der Waals surface area contributed by atoms with Crippen LogP contribution in [-0.2, 0) is 32.0 Å². The number of anilines is 2. The van der Waals surface area contributed by atoms with Gasteiger partial charge in [-0.2, -0.15) is 0 Å². The Morgan fingerprint density at radius 2 is 1.76 bits per heavy atom. The van der Waals surface area contributed by atoms with Gasteiger partial charge in [-0.1, -0.05) is 32.0 Å². The largest absolute Gasteiger partial charge is 0.497 e. The summed E-state index contributed by atoms with van der Waals surface area (Å²) in [7, 11) is 3.01. The van der Waals surface area contributed by atoms with E-state index in [1.165, 1.54) is 14.2 Å². The summed E-state index contributed by atoms with van der Waals surface area (Å²) < 4.78 is 15.6. The van der Waals surface area contributed by atoms with Gasteiger partial charge in [0.2, 0.25) is 5.91 Å². The highest BCUT2D eigenvalue weighted by Crippen LogP contribution is 2.33. The van der Waals surface area contributed by atoms with Gasteiger partial charge in [0.25, 0.3) is 5.91 Å². The Hall–Kier alpha value is -3.55. The van der Waals surface area contributed by atoms with Crippen molar-refractivity contribution < 1.29 is 28.6 Å². The smallest absolute Gasteiger partial charge is 0.311 e. The Bertz CT molecular complexity index is 1010. The Morgan fingerprint density at radius 3 is 2.36 bits per heavy atom. The quantitative estimate of drug-likeness (QED) is 0.584. The molecule has 0 unspecified atom stereocenters. The fraction of sp³-hybridized carbons (Fsp3) is 0.400. The Labute approximate surface area is 193 Å². The van der Waals surface area contributed by atoms with Crippen molar-refractivity contribution in [1.29, 1.82) is 0 Å². The Morgan fingerprint density at radius 1 is 1.06 bits per heavy atom. The normalized spacial score (nSPS) is 15.3. The molecule has 8 nitrogen and oxygen atoms in total. The second-order valence-electron chi connectivity index (χ2n) is 7.76. The number of amides is 2. The van der Waals surface area contributed by atoms with E-state index in [4.69, 9.17) is 14.2 Å². The maximum atomic E-state index is 12.7. The lowest BCUT2D eigenvalue weighted by Gasteiger charge is -2.23. The SMILES string of the molecule is CCc1cccc(CC)c1N1C[C@@H](C(=O)OCC(=O)Nc2ccc(OC)cc2OC)CC1=O. The topological polar surface area (TPSA) is 94.2 Å². The molecule has 1 fully saturated rings. The van der Waals surface area contributed by atoms with Gasteiger partial charge in [0, 0.05) is 24.7 Å². The van der Waals surface area contributed by atoms with Crippen molar-refractivity contribution in [3.63, 3.8) is 0 Å². The van der Waals surface area contributed by atoms with E-state index in [9.17, 15) is 14.4 Å². The van der Waals surface area contributed by atoms with E-state index in [0.717, 1.165) is 29.7 Å². The molecule has 1 aliphatic heterocycles. The summed E-state index contributed by atoms with van der Waals surface area (Å²) in [5, 5.41) is 2.66. The summed E-state index contributed by atoms with van der Waals surface area (Å²) in [6.45, 7) is 3.88. The first kappa shape index (κ1) is 24.1. The number of esters is 1. The van der Waals surface area contributed by atoms with Crippen molar-refractivity contribution in [3.05, 3.63) is 47.5 Å². The molecule has 0 spiro atoms. The van der Waals surface area contributed by atoms with E-state index in [-0.39, 0.29) is 18.9 Å². The van der Waals surface area contributed by atoms with E-state index < -0.39 is 24.4 Å². The standard InChI is InChI=1S/C25H30N2O6/c1-5-16-8-7-9-17(6-2)24(16)27-14-18(12-23(27)29)25(30)33-15-22(28)26-20-11-10-19(31-3)13-21(20)32-4/h7-11,13,18H,5-6,12,14-15H2,1-4H3,(H,26,28)/t18-/m0/s1. The molecule has 33 heavy (non-hydrogen) atoms. The minimum atomic E-state index is -0.615. The summed E-state index contributed by atoms with van der Waals surface area (Å²) in [5.41, 5.74) is 3.48. The molecule has 0 saturated carbocycles. The summed E-state index contributed by atoms with van der Waals surface area (Å²) >= 11 is 0. The maximum Gasteiger partial charge on any atom is 0.311 e. The van der Waals surface area contributed by atoms with Crippen LogP contribution < -0.4 is 19.7 Å². The van der Waals surface area contributed by atoms with Gasteiger partial charge in [-0.15, -0.1) is 0 Å². The molecule has 2 aromatic rings. The fourth-order valence-electron chi connectivity index (χ4n) is 3.99. The molecule has 2 aromatic carbocycles. The molecule has 0 aromatic heterocycles. The number of benzene rings is 2. The van der Waals surface area contributed by atoms with Crippen LogP contribution in [0.1, 0.15) is 31.4 Å². The van der Waals surface area contributed by atoms with Crippen LogP contribution in [0.2, 0.25) is 0 Å². The minimum Gasteiger partial charge on any atom is -0.497 e. The van der Waals surface area contributed by atoms with Crippen LogP contribution in [0.3, 0.4) is 0 Å². The van der Waals surface area contributed by atoms with E-state index in [1.54, 1.807) is 23.1 Å². The number of para-hydroxylation sites is 1. The number of nitrogens with zero attached hydrogens (tertiary/aromatic N) is 1. The highest BCUT2D eigenvalue weighted by atomic mass is 16.5. The van der Waals surface area contributed by atoms with Crippen molar-refractivity contribution in [2.45, 2.75) is 33.1 Å². The molecule has 1 N–H and O–H groups in total. The molecule has 0 bridgehead atoms. The number of nitrogens with one attached hydrogen (secondary N) is 1. The lowest BCUT2D eigenvalue weighted by Crippen LogP contribution is -2.29. The number of methoxy groups -OCH3 is 2. The minimum absolute atomic E-state index is 0.0635. The van der Waals surface area contributed by atoms with E-state index >= 15 is 0 Å². The number of hydrogen-bond donors (Lipinski definition) is 1. The third kappa shape index (κ3) is 5.45. The first-order valence-electron chi connectivity index (χ1n) is 11.0. The van der Waals surface area contributed by atoms with E-state index in [1.807, 2.05) is 32.0 Å². The average Bonchev–Trinajstić information content (AvgIpc) is 3.23. The van der Waals surface area contributed by atoms with Crippen molar-refractivity contribution in [3.8, 4) is 11.5 Å². The molecule has 3 rings (SSSR count). The molecule has 0 aliphatic carbocycles. The van der Waals surface area contributed by atoms with Gasteiger partial charge in [-0.25, -0.2) is 0 Å². The van der Waals surface area contributed by atoms with Crippen LogP contribution in [0.25, 0.3) is 0 Å². The van der Waals surface area contributed by atoms with Crippen LogP contribution in [0.5, 0.6) is 11.5 Å². The Kier molecular flexibility index (Phi) is 7.92. The third-order valence-corrected chi connectivity index (χ3v) is 5.72. The second-order valence-corrected chi connectivity index (χ2v) is 7.76. The first-order chi connectivity index (χ1) is 15.9. The summed E-state index contributed by atoms with van der Waals surface area (Å²) in [4.78, 5) is 39.4. The predicted octanol–water partition coefficient (Wildman–Crippen LogP) is 3.36. The predicted molar refractivity (Wildman–Crippen MR) is 125 cm³/mol. The molecular weight excluding hydrogens is 424 g/mol. The van der Waals surface area contributed by atoms with Crippen molar-refractivity contribution >= 4 is 29.2 Å². The van der Waals surface area contributed by atoms with Crippen molar-refractivity contribution in [2.75, 3.05) is 37.6 Å². The van der Waals surface area contributed by atoms with Gasteiger partial charge in [0.05, 0.1) is 25.8 Å². The number of hydrogen-bond acceptors (Lipinski definition) is 6. The molecule has 1 aliphatic rings. The molecule has 176 valence electrons. The molecule has 8 heteroatoms. The van der Waals surface area contributed by atoms with Crippen LogP contribution in [0.4, 0.5) is 11.4 Å². The Balaban J connectivity index is 1.61. The van der Waals surface area contributed by atoms with Crippen LogP contribution in [0, 0.1) is 5.92 Å². The van der Waals surface area contributed by atoms with Gasteiger partial charge in [-0.3, -0.25) is 14.4 Å². The average molecular weight is 455 g/mol. The molecule has 1 atom stereocenters. The van der Waals surface area contributed by atoms with Crippen LogP contribution in [-0.4, -0.2) is 45.2 Å². The number of rotatable bonds is 9. The maximum absolute atomic E-state index is 12.7. The van der Waals surface area contributed by atoms with Gasteiger partial charge < -0.3 is 24.4 Å². The number of ether oxygens (including phenoxy) is 3. The lowest BCUT2D eigenvalue weighted by molar-refractivity contribution is -0.151. The lowest BCUT2D eigenvalue weighted by atomic mass is 10.0. The number of carbonyl (C=O) groups is 3. The zero-order chi connectivity index (χ0) is 24.0. The zero-order valence-corrected chi connectivity index (χ0v) is 19.5. The number of carbonyl (C=O) groups excluding carboxylic acids is 3.